The van der Waals surface area contributed by atoms with E-state index in [0.29, 0.717) is 29.4 Å². The number of carbonyl (C=O) groups is 2. The molecule has 8 nitrogen and oxygen atoms in total. The first-order valence-corrected chi connectivity index (χ1v) is 9.91. The molecular formula is C20H24ClF3N4O4. The molecule has 1 aliphatic rings. The topological polar surface area (TPSA) is 87.9 Å². The molecule has 1 aromatic carbocycles. The van der Waals surface area contributed by atoms with Gasteiger partial charge in [-0.2, -0.15) is 18.3 Å². The predicted octanol–water partition coefficient (Wildman–Crippen LogP) is 3.33. The summed E-state index contributed by atoms with van der Waals surface area (Å²) in [5.41, 5.74) is 1.52. The zero-order chi connectivity index (χ0) is 24.1. The van der Waals surface area contributed by atoms with Gasteiger partial charge >= 0.3 is 12.1 Å². The lowest BCUT2D eigenvalue weighted by molar-refractivity contribution is -0.192. The number of rotatable bonds is 5. The average Bonchev–Trinajstić information content (AvgIpc) is 3.20. The molecule has 1 N–H and O–H groups in total. The number of hydrogen-bond donors (Lipinski definition) is 1. The number of amides is 1. The number of nitrogens with zero attached hydrogens (tertiary/aromatic N) is 4. The van der Waals surface area contributed by atoms with Gasteiger partial charge in [-0.1, -0.05) is 11.6 Å². The van der Waals surface area contributed by atoms with Crippen molar-refractivity contribution in [2.45, 2.75) is 25.2 Å². The van der Waals surface area contributed by atoms with E-state index in [1.165, 1.54) is 0 Å². The Morgan fingerprint density at radius 2 is 1.97 bits per heavy atom. The number of methoxy groups -OCH3 is 1. The molecule has 176 valence electrons. The van der Waals surface area contributed by atoms with Gasteiger partial charge in [0.05, 0.1) is 36.0 Å². The summed E-state index contributed by atoms with van der Waals surface area (Å²) in [5, 5.41) is 12.0. The van der Waals surface area contributed by atoms with Gasteiger partial charge in [0.15, 0.2) is 0 Å². The number of ether oxygens (including phenoxy) is 1. The quantitative estimate of drug-likeness (QED) is 0.712. The van der Waals surface area contributed by atoms with Crippen molar-refractivity contribution in [1.29, 1.82) is 0 Å². The fourth-order valence-electron chi connectivity index (χ4n) is 3.13. The second-order valence-corrected chi connectivity index (χ2v) is 7.75. The Labute approximate surface area is 188 Å². The lowest BCUT2D eigenvalue weighted by Gasteiger charge is -2.34. The van der Waals surface area contributed by atoms with Crippen LogP contribution in [0.3, 0.4) is 0 Å². The third-order valence-electron chi connectivity index (χ3n) is 4.73. The molecule has 0 radical (unpaired) electrons. The SMILES string of the molecule is COc1ccc(Cl)c(C(=O)N2Cc3ccnn3C(CCN(C)C)C2)c1.O=C(O)C(F)(F)F. The smallest absolute Gasteiger partial charge is 0.490 e. The van der Waals surface area contributed by atoms with Crippen molar-refractivity contribution in [2.24, 2.45) is 0 Å². The Morgan fingerprint density at radius 3 is 2.53 bits per heavy atom. The van der Waals surface area contributed by atoms with Gasteiger partial charge < -0.3 is 19.6 Å². The van der Waals surface area contributed by atoms with Crippen molar-refractivity contribution in [1.82, 2.24) is 19.6 Å². The number of halogens is 4. The Bertz CT molecular complexity index is 949. The molecule has 2 heterocycles. The molecule has 1 amide bonds. The molecule has 1 unspecified atom stereocenters. The van der Waals surface area contributed by atoms with Crippen molar-refractivity contribution in [3.05, 3.63) is 46.7 Å². The van der Waals surface area contributed by atoms with E-state index in [1.54, 1.807) is 31.5 Å². The number of carboxylic acid groups (broad SMARTS) is 1. The first-order valence-electron chi connectivity index (χ1n) is 9.54. The van der Waals surface area contributed by atoms with Gasteiger partial charge in [0.1, 0.15) is 5.75 Å². The number of fused-ring (bicyclic) bond motifs is 1. The van der Waals surface area contributed by atoms with Crippen molar-refractivity contribution >= 4 is 23.5 Å². The number of benzene rings is 1. The third-order valence-corrected chi connectivity index (χ3v) is 5.05. The Balaban J connectivity index is 0.000000451. The van der Waals surface area contributed by atoms with E-state index in [0.717, 1.165) is 18.7 Å². The van der Waals surface area contributed by atoms with Gasteiger partial charge in [-0.25, -0.2) is 4.79 Å². The van der Waals surface area contributed by atoms with Crippen molar-refractivity contribution in [3.8, 4) is 5.75 Å². The van der Waals surface area contributed by atoms with Crippen molar-refractivity contribution in [2.75, 3.05) is 34.3 Å². The Morgan fingerprint density at radius 1 is 1.31 bits per heavy atom. The first kappa shape index (κ1) is 25.5. The second kappa shape index (κ2) is 10.7. The average molecular weight is 477 g/mol. The number of hydrogen-bond acceptors (Lipinski definition) is 5. The van der Waals surface area contributed by atoms with E-state index in [9.17, 15) is 18.0 Å². The van der Waals surface area contributed by atoms with Crippen molar-refractivity contribution in [3.63, 3.8) is 0 Å². The lowest BCUT2D eigenvalue weighted by Crippen LogP contribution is -2.42. The molecule has 0 saturated carbocycles. The van der Waals surface area contributed by atoms with Crippen LogP contribution in [-0.2, 0) is 11.3 Å². The van der Waals surface area contributed by atoms with Gasteiger partial charge in [-0.05, 0) is 51.3 Å². The van der Waals surface area contributed by atoms with E-state index in [4.69, 9.17) is 26.2 Å². The molecule has 12 heteroatoms. The molecular weight excluding hydrogens is 453 g/mol. The number of alkyl halides is 3. The van der Waals surface area contributed by atoms with E-state index in [1.807, 2.05) is 29.7 Å². The zero-order valence-electron chi connectivity index (χ0n) is 17.8. The molecule has 0 saturated heterocycles. The maximum absolute atomic E-state index is 13.0. The summed E-state index contributed by atoms with van der Waals surface area (Å²) in [6, 6.07) is 7.28. The zero-order valence-corrected chi connectivity index (χ0v) is 18.5. The molecule has 0 aliphatic carbocycles. The fraction of sp³-hybridized carbons (Fsp3) is 0.450. The minimum Gasteiger partial charge on any atom is -0.497 e. The second-order valence-electron chi connectivity index (χ2n) is 7.35. The van der Waals surface area contributed by atoms with E-state index in [-0.39, 0.29) is 11.9 Å². The summed E-state index contributed by atoms with van der Waals surface area (Å²) in [6.07, 6.45) is -2.36. The van der Waals surface area contributed by atoms with Crippen LogP contribution in [0.4, 0.5) is 13.2 Å². The van der Waals surface area contributed by atoms with Crippen LogP contribution in [0.25, 0.3) is 0 Å². The normalized spacial score (nSPS) is 15.6. The first-order chi connectivity index (χ1) is 14.9. The highest BCUT2D eigenvalue weighted by atomic mass is 35.5. The summed E-state index contributed by atoms with van der Waals surface area (Å²) in [5.74, 6) is -2.21. The van der Waals surface area contributed by atoms with E-state index >= 15 is 0 Å². The van der Waals surface area contributed by atoms with Crippen LogP contribution >= 0.6 is 11.6 Å². The minimum absolute atomic E-state index is 0.0776. The summed E-state index contributed by atoms with van der Waals surface area (Å²) in [7, 11) is 5.67. The Kier molecular flexibility index (Phi) is 8.51. The summed E-state index contributed by atoms with van der Waals surface area (Å²) < 4.78 is 39.0. The number of aliphatic carboxylic acids is 1. The van der Waals surface area contributed by atoms with Gasteiger partial charge in [0, 0.05) is 12.7 Å². The summed E-state index contributed by atoms with van der Waals surface area (Å²) >= 11 is 6.26. The lowest BCUT2D eigenvalue weighted by atomic mass is 10.1. The number of aromatic nitrogens is 2. The molecule has 0 fully saturated rings. The molecule has 32 heavy (non-hydrogen) atoms. The third kappa shape index (κ3) is 6.60. The summed E-state index contributed by atoms with van der Waals surface area (Å²) in [4.78, 5) is 25.9. The van der Waals surface area contributed by atoms with Gasteiger partial charge in [0.25, 0.3) is 5.91 Å². The molecule has 1 atom stereocenters. The highest BCUT2D eigenvalue weighted by Crippen LogP contribution is 2.28. The van der Waals surface area contributed by atoms with Crippen LogP contribution in [0.1, 0.15) is 28.5 Å². The van der Waals surface area contributed by atoms with Crippen LogP contribution in [0.5, 0.6) is 5.75 Å². The molecule has 2 aromatic rings. The monoisotopic (exact) mass is 476 g/mol. The van der Waals surface area contributed by atoms with E-state index < -0.39 is 12.1 Å². The van der Waals surface area contributed by atoms with Crippen LogP contribution in [0.15, 0.2) is 30.5 Å². The minimum atomic E-state index is -5.08. The molecule has 0 spiro atoms. The van der Waals surface area contributed by atoms with E-state index in [2.05, 4.69) is 10.00 Å². The molecule has 3 rings (SSSR count). The van der Waals surface area contributed by atoms with Crippen molar-refractivity contribution < 1.29 is 32.6 Å². The van der Waals surface area contributed by atoms with Crippen LogP contribution in [0, 0.1) is 0 Å². The van der Waals surface area contributed by atoms with Gasteiger partial charge in [-0.15, -0.1) is 0 Å². The number of carboxylic acids is 1. The highest BCUT2D eigenvalue weighted by molar-refractivity contribution is 6.33. The van der Waals surface area contributed by atoms with Crippen LogP contribution in [-0.4, -0.2) is 77.0 Å². The fourth-order valence-corrected chi connectivity index (χ4v) is 3.33. The largest absolute Gasteiger partial charge is 0.497 e. The molecule has 1 aromatic heterocycles. The molecule has 1 aliphatic heterocycles. The highest BCUT2D eigenvalue weighted by Gasteiger charge is 2.38. The predicted molar refractivity (Wildman–Crippen MR) is 111 cm³/mol. The summed E-state index contributed by atoms with van der Waals surface area (Å²) in [6.45, 7) is 2.09. The molecule has 0 bridgehead atoms. The maximum atomic E-state index is 13.0. The van der Waals surface area contributed by atoms with Crippen LogP contribution < -0.4 is 4.74 Å². The maximum Gasteiger partial charge on any atom is 0.490 e. The standard InChI is InChI=1S/C18H23ClN4O2.C2HF3O2/c1-21(2)9-7-14-12-22(11-13-6-8-20-23(13)14)18(24)16-10-15(25-3)4-5-17(16)19;3-2(4,5)1(6)7/h4-6,8,10,14H,7,9,11-12H2,1-3H3;(H,6,7). The van der Waals surface area contributed by atoms with Gasteiger partial charge in [-0.3, -0.25) is 9.48 Å². The Hall–Kier alpha value is -2.79. The van der Waals surface area contributed by atoms with Crippen LogP contribution in [0.2, 0.25) is 5.02 Å². The van der Waals surface area contributed by atoms with Gasteiger partial charge in [0.2, 0.25) is 0 Å². The number of carbonyl (C=O) groups excluding carboxylic acids is 1.